The van der Waals surface area contributed by atoms with Crippen LogP contribution in [0, 0.1) is 0 Å². The number of hydrogen-bond donors (Lipinski definition) is 1. The van der Waals surface area contributed by atoms with E-state index >= 15 is 0 Å². The molecule has 6 nitrogen and oxygen atoms in total. The van der Waals surface area contributed by atoms with Gasteiger partial charge in [-0.3, -0.25) is 14.5 Å². The number of furan rings is 1. The number of likely N-dealkylation sites (tertiary alicyclic amines) is 1. The van der Waals surface area contributed by atoms with Gasteiger partial charge in [-0.05, 0) is 37.8 Å². The smallest absolute Gasteiger partial charge is 0.266 e. The summed E-state index contributed by atoms with van der Waals surface area (Å²) >= 11 is 6.53. The van der Waals surface area contributed by atoms with Gasteiger partial charge < -0.3 is 14.4 Å². The Hall–Kier alpha value is -1.64. The molecule has 3 rings (SSSR count). The first-order valence-corrected chi connectivity index (χ1v) is 10.0. The van der Waals surface area contributed by atoms with Gasteiger partial charge in [-0.1, -0.05) is 24.0 Å². The molecule has 0 bridgehead atoms. The molecule has 2 aliphatic rings. The van der Waals surface area contributed by atoms with E-state index in [0.717, 1.165) is 25.8 Å². The summed E-state index contributed by atoms with van der Waals surface area (Å²) in [5, 5.41) is 9.20. The minimum absolute atomic E-state index is 0.0206. The lowest BCUT2D eigenvalue weighted by atomic mass is 9.99. The lowest BCUT2D eigenvalue weighted by Crippen LogP contribution is -2.45. The van der Waals surface area contributed by atoms with Gasteiger partial charge in [0.15, 0.2) is 0 Å². The van der Waals surface area contributed by atoms with Crippen molar-refractivity contribution < 1.29 is 19.1 Å². The number of nitrogens with zero attached hydrogens (tertiary/aromatic N) is 2. The van der Waals surface area contributed by atoms with Gasteiger partial charge in [-0.25, -0.2) is 0 Å². The van der Waals surface area contributed by atoms with Gasteiger partial charge in [0.05, 0.1) is 11.2 Å². The highest BCUT2D eigenvalue weighted by molar-refractivity contribution is 8.26. The molecule has 3 heterocycles. The third-order valence-electron chi connectivity index (χ3n) is 4.65. The van der Waals surface area contributed by atoms with E-state index in [2.05, 4.69) is 0 Å². The average Bonchev–Trinajstić information content (AvgIpc) is 3.23. The maximum atomic E-state index is 12.6. The largest absolute Gasteiger partial charge is 0.465 e. The van der Waals surface area contributed by atoms with Crippen molar-refractivity contribution in [3.05, 3.63) is 29.1 Å². The van der Waals surface area contributed by atoms with Gasteiger partial charge >= 0.3 is 0 Å². The molecule has 2 aliphatic heterocycles. The zero-order chi connectivity index (χ0) is 18.5. The van der Waals surface area contributed by atoms with Gasteiger partial charge in [-0.2, -0.15) is 0 Å². The van der Waals surface area contributed by atoms with Crippen molar-refractivity contribution in [1.82, 2.24) is 9.80 Å². The number of thiocarbonyl (C=S) groups is 1. The first-order valence-electron chi connectivity index (χ1n) is 8.79. The van der Waals surface area contributed by atoms with E-state index in [-0.39, 0.29) is 37.4 Å². The summed E-state index contributed by atoms with van der Waals surface area (Å²) in [7, 11) is 0. The third-order valence-corrected chi connectivity index (χ3v) is 6.03. The van der Waals surface area contributed by atoms with E-state index in [1.165, 1.54) is 16.7 Å². The SMILES string of the molecule is O=C1/C(=C/c2ccco2)SC(=S)N1CCC(=O)N1CCCC[C@H]1CCO. The lowest BCUT2D eigenvalue weighted by molar-refractivity contribution is -0.135. The van der Waals surface area contributed by atoms with Crippen molar-refractivity contribution in [1.29, 1.82) is 0 Å². The second-order valence-electron chi connectivity index (χ2n) is 6.35. The average molecular weight is 395 g/mol. The standard InChI is InChI=1S/C18H22N2O4S2/c21-10-7-13-4-1-2-8-19(13)16(22)6-9-20-17(23)15(26-18(20)25)12-14-5-3-11-24-14/h3,5,11-13,21H,1-2,4,6-10H2/b15-12-/t13-/m0/s1. The van der Waals surface area contributed by atoms with E-state index in [1.807, 2.05) is 4.90 Å². The van der Waals surface area contributed by atoms with Gasteiger partial charge in [0.25, 0.3) is 5.91 Å². The van der Waals surface area contributed by atoms with E-state index < -0.39 is 0 Å². The van der Waals surface area contributed by atoms with Crippen molar-refractivity contribution in [2.45, 2.75) is 38.1 Å². The second-order valence-corrected chi connectivity index (χ2v) is 8.02. The van der Waals surface area contributed by atoms with Crippen LogP contribution in [0.4, 0.5) is 0 Å². The third kappa shape index (κ3) is 4.36. The molecule has 0 aliphatic carbocycles. The Morgan fingerprint density at radius 1 is 1.46 bits per heavy atom. The molecule has 0 aromatic carbocycles. The minimum atomic E-state index is -0.185. The van der Waals surface area contributed by atoms with Crippen molar-refractivity contribution in [3.63, 3.8) is 0 Å². The van der Waals surface area contributed by atoms with Gasteiger partial charge in [0.2, 0.25) is 5.91 Å². The van der Waals surface area contributed by atoms with E-state index in [0.29, 0.717) is 21.4 Å². The van der Waals surface area contributed by atoms with Crippen LogP contribution >= 0.6 is 24.0 Å². The summed E-state index contributed by atoms with van der Waals surface area (Å²) in [6.07, 6.45) is 7.07. The summed E-state index contributed by atoms with van der Waals surface area (Å²) < 4.78 is 5.71. The molecule has 2 saturated heterocycles. The predicted octanol–water partition coefficient (Wildman–Crippen LogP) is 2.63. The number of carbonyl (C=O) groups excluding carboxylic acids is 2. The first-order chi connectivity index (χ1) is 12.6. The quantitative estimate of drug-likeness (QED) is 0.591. The summed E-state index contributed by atoms with van der Waals surface area (Å²) in [5.74, 6) is 0.434. The predicted molar refractivity (Wildman–Crippen MR) is 104 cm³/mol. The van der Waals surface area contributed by atoms with Gasteiger partial charge in [0, 0.05) is 38.2 Å². The molecule has 0 saturated carbocycles. The van der Waals surface area contributed by atoms with E-state index in [4.69, 9.17) is 16.6 Å². The molecule has 0 unspecified atom stereocenters. The zero-order valence-corrected chi connectivity index (χ0v) is 16.1. The molecule has 2 fully saturated rings. The molecular weight excluding hydrogens is 372 g/mol. The van der Waals surface area contributed by atoms with Crippen molar-refractivity contribution >= 4 is 46.2 Å². The summed E-state index contributed by atoms with van der Waals surface area (Å²) in [6.45, 7) is 1.09. The number of aliphatic hydroxyl groups excluding tert-OH is 1. The maximum Gasteiger partial charge on any atom is 0.266 e. The minimum Gasteiger partial charge on any atom is -0.465 e. The number of aliphatic hydroxyl groups is 1. The van der Waals surface area contributed by atoms with Crippen LogP contribution in [0.1, 0.15) is 37.9 Å². The molecule has 1 atom stereocenters. The number of piperidine rings is 1. The maximum absolute atomic E-state index is 12.6. The van der Waals surface area contributed by atoms with Crippen LogP contribution < -0.4 is 0 Å². The number of carbonyl (C=O) groups is 2. The van der Waals surface area contributed by atoms with Crippen LogP contribution in [-0.2, 0) is 9.59 Å². The summed E-state index contributed by atoms with van der Waals surface area (Å²) in [4.78, 5) is 29.0. The Kier molecular flexibility index (Phi) is 6.50. The number of rotatable bonds is 6. The molecule has 1 aromatic rings. The Labute approximate surface area is 162 Å². The molecular formula is C18H22N2O4S2. The topological polar surface area (TPSA) is 74.0 Å². The summed E-state index contributed by atoms with van der Waals surface area (Å²) in [5.41, 5.74) is 0. The fourth-order valence-corrected chi connectivity index (χ4v) is 4.61. The Bertz CT molecular complexity index is 700. The number of hydrogen-bond acceptors (Lipinski definition) is 6. The normalized spacial score (nSPS) is 22.5. The van der Waals surface area contributed by atoms with Crippen molar-refractivity contribution in [3.8, 4) is 0 Å². The Morgan fingerprint density at radius 2 is 2.31 bits per heavy atom. The fraction of sp³-hybridized carbons (Fsp3) is 0.500. The van der Waals surface area contributed by atoms with Crippen LogP contribution in [-0.4, -0.2) is 56.8 Å². The van der Waals surface area contributed by atoms with Crippen LogP contribution in [0.3, 0.4) is 0 Å². The molecule has 140 valence electrons. The molecule has 0 radical (unpaired) electrons. The van der Waals surface area contributed by atoms with Gasteiger partial charge in [0.1, 0.15) is 10.1 Å². The summed E-state index contributed by atoms with van der Waals surface area (Å²) in [6, 6.07) is 3.63. The van der Waals surface area contributed by atoms with E-state index in [1.54, 1.807) is 24.5 Å². The number of amides is 2. The number of thioether (sulfide) groups is 1. The molecule has 0 spiro atoms. The van der Waals surface area contributed by atoms with Crippen LogP contribution in [0.2, 0.25) is 0 Å². The van der Waals surface area contributed by atoms with Gasteiger partial charge in [-0.15, -0.1) is 0 Å². The molecule has 1 N–H and O–H groups in total. The first kappa shape index (κ1) is 19.1. The highest BCUT2D eigenvalue weighted by Gasteiger charge is 2.33. The van der Waals surface area contributed by atoms with Crippen molar-refractivity contribution in [2.75, 3.05) is 19.7 Å². The Balaban J connectivity index is 1.59. The molecule has 8 heteroatoms. The highest BCUT2D eigenvalue weighted by atomic mass is 32.2. The Morgan fingerprint density at radius 3 is 3.04 bits per heavy atom. The fourth-order valence-electron chi connectivity index (χ4n) is 3.32. The van der Waals surface area contributed by atoms with Crippen LogP contribution in [0.5, 0.6) is 0 Å². The zero-order valence-electron chi connectivity index (χ0n) is 14.4. The van der Waals surface area contributed by atoms with Crippen LogP contribution in [0.25, 0.3) is 6.08 Å². The molecule has 26 heavy (non-hydrogen) atoms. The monoisotopic (exact) mass is 394 g/mol. The lowest BCUT2D eigenvalue weighted by Gasteiger charge is -2.36. The van der Waals surface area contributed by atoms with Crippen LogP contribution in [0.15, 0.2) is 27.7 Å². The molecule has 2 amide bonds. The highest BCUT2D eigenvalue weighted by Crippen LogP contribution is 2.32. The van der Waals surface area contributed by atoms with Crippen molar-refractivity contribution in [2.24, 2.45) is 0 Å². The van der Waals surface area contributed by atoms with E-state index in [9.17, 15) is 14.7 Å². The second kappa shape index (κ2) is 8.83. The molecule has 1 aromatic heterocycles.